The monoisotopic (exact) mass is 402 g/mol. The van der Waals surface area contributed by atoms with Crippen LogP contribution in [-0.2, 0) is 0 Å². The summed E-state index contributed by atoms with van der Waals surface area (Å²) in [5.74, 6) is 0. The highest BCUT2D eigenvalue weighted by atomic mass is 31.1. The van der Waals surface area contributed by atoms with E-state index in [4.69, 9.17) is 0 Å². The van der Waals surface area contributed by atoms with E-state index < -0.39 is 0 Å². The Bertz CT molecular complexity index is 317. The van der Waals surface area contributed by atoms with Gasteiger partial charge >= 0.3 is 0 Å². The molecule has 0 aromatic heterocycles. The third-order valence-electron chi connectivity index (χ3n) is 5.41. The Morgan fingerprint density at radius 3 is 1.37 bits per heavy atom. The largest absolute Gasteiger partial charge is 0.301 e. The van der Waals surface area contributed by atoms with Gasteiger partial charge in [0.25, 0.3) is 0 Å². The van der Waals surface area contributed by atoms with Gasteiger partial charge < -0.3 is 14.7 Å². The van der Waals surface area contributed by atoms with Crippen molar-refractivity contribution in [3.05, 3.63) is 0 Å². The fraction of sp³-hybridized carbons (Fsp3) is 1.00. The molecule has 0 aromatic rings. The van der Waals surface area contributed by atoms with Crippen LogP contribution in [0.5, 0.6) is 0 Å². The van der Waals surface area contributed by atoms with Crippen molar-refractivity contribution in [2.45, 2.75) is 54.4 Å². The lowest BCUT2D eigenvalue weighted by atomic mass is 10.3. The van der Waals surface area contributed by atoms with Gasteiger partial charge in [-0.2, -0.15) is 0 Å². The van der Waals surface area contributed by atoms with Gasteiger partial charge in [-0.3, -0.25) is 4.90 Å². The van der Waals surface area contributed by atoms with E-state index in [9.17, 15) is 0 Å². The molecular formula is C22H51N4P. The number of likely N-dealkylation sites (N-methyl/N-ethyl adjacent to an activating group) is 2. The van der Waals surface area contributed by atoms with E-state index in [1.165, 1.54) is 97.3 Å². The maximum absolute atomic E-state index is 2.77. The second kappa shape index (κ2) is 18.3. The van der Waals surface area contributed by atoms with Gasteiger partial charge in [0.15, 0.2) is 0 Å². The van der Waals surface area contributed by atoms with Crippen LogP contribution in [0.1, 0.15) is 54.4 Å². The third-order valence-corrected chi connectivity index (χ3v) is 7.50. The molecule has 1 saturated heterocycles. The lowest BCUT2D eigenvalue weighted by molar-refractivity contribution is 0.145. The number of rotatable bonds is 8. The molecule has 0 amide bonds. The fourth-order valence-corrected chi connectivity index (χ4v) is 5.56. The summed E-state index contributed by atoms with van der Waals surface area (Å²) >= 11 is 0. The number of hydrogen-bond donors (Lipinski definition) is 0. The molecule has 1 aliphatic rings. The average molecular weight is 403 g/mol. The molecule has 4 nitrogen and oxygen atoms in total. The van der Waals surface area contributed by atoms with Crippen LogP contribution in [0.3, 0.4) is 0 Å². The molecule has 27 heavy (non-hydrogen) atoms. The second-order valence-corrected chi connectivity index (χ2v) is 9.99. The van der Waals surface area contributed by atoms with E-state index in [1.54, 1.807) is 0 Å². The molecule has 0 spiro atoms. The third kappa shape index (κ3) is 13.2. The van der Waals surface area contributed by atoms with Crippen LogP contribution < -0.4 is 0 Å². The predicted molar refractivity (Wildman–Crippen MR) is 127 cm³/mol. The molecule has 1 aliphatic heterocycles. The zero-order valence-corrected chi connectivity index (χ0v) is 20.7. The summed E-state index contributed by atoms with van der Waals surface area (Å²) in [7, 11) is 0.179. The Labute approximate surface area is 173 Å². The summed E-state index contributed by atoms with van der Waals surface area (Å²) in [5.41, 5.74) is 0. The van der Waals surface area contributed by atoms with Crippen molar-refractivity contribution in [1.82, 2.24) is 19.6 Å². The first kappa shape index (κ1) is 27.3. The minimum atomic E-state index is 0.179. The number of nitrogens with zero attached hydrogens (tertiary/aromatic N) is 4. The van der Waals surface area contributed by atoms with E-state index >= 15 is 0 Å². The molecule has 1 rings (SSSR count). The van der Waals surface area contributed by atoms with Crippen LogP contribution in [0.25, 0.3) is 0 Å². The highest BCUT2D eigenvalue weighted by Crippen LogP contribution is 2.31. The molecule has 5 heteroatoms. The molecule has 0 radical (unpaired) electrons. The van der Waals surface area contributed by atoms with Crippen molar-refractivity contribution in [1.29, 1.82) is 0 Å². The topological polar surface area (TPSA) is 13.0 Å². The summed E-state index contributed by atoms with van der Waals surface area (Å²) in [4.78, 5) is 10.8. The van der Waals surface area contributed by atoms with Crippen LogP contribution >= 0.6 is 7.92 Å². The molecule has 1 atom stereocenters. The van der Waals surface area contributed by atoms with Crippen LogP contribution in [-0.4, -0.2) is 111 Å². The Kier molecular flexibility index (Phi) is 18.5. The summed E-state index contributed by atoms with van der Waals surface area (Å²) in [5, 5.41) is 0. The van der Waals surface area contributed by atoms with E-state index in [0.717, 1.165) is 0 Å². The van der Waals surface area contributed by atoms with E-state index in [0.29, 0.717) is 0 Å². The van der Waals surface area contributed by atoms with E-state index in [-0.39, 0.29) is 7.92 Å². The van der Waals surface area contributed by atoms with Crippen molar-refractivity contribution in [2.75, 3.05) is 91.1 Å². The molecular weight excluding hydrogens is 351 g/mol. The van der Waals surface area contributed by atoms with Crippen LogP contribution in [0.15, 0.2) is 0 Å². The van der Waals surface area contributed by atoms with Gasteiger partial charge in [-0.25, -0.2) is 0 Å². The number of hydrogen-bond acceptors (Lipinski definition) is 4. The zero-order valence-electron chi connectivity index (χ0n) is 19.8. The average Bonchev–Trinajstić information content (AvgIpc) is 2.68. The predicted octanol–water partition coefficient (Wildman–Crippen LogP) is 4.16. The Balaban J connectivity index is 0.00000326. The Hall–Kier alpha value is 0.270. The van der Waals surface area contributed by atoms with Gasteiger partial charge in [0.1, 0.15) is 0 Å². The standard InChI is InChI=1S/C20H45N4P.C2H6/c1-6-10-23-15-13-21(8-3)11-12-22(9-4)14-17-24(18-16-23)20-25(5)19-7-2;1-2/h6-20H2,1-5H3;1-2H3. The van der Waals surface area contributed by atoms with Gasteiger partial charge in [-0.05, 0) is 38.9 Å². The van der Waals surface area contributed by atoms with Crippen LogP contribution in [0.2, 0.25) is 0 Å². The lowest BCUT2D eigenvalue weighted by Gasteiger charge is -2.34. The second-order valence-electron chi connectivity index (χ2n) is 7.55. The molecule has 0 saturated carbocycles. The van der Waals surface area contributed by atoms with E-state index in [2.05, 4.69) is 54.0 Å². The molecule has 0 aromatic carbocycles. The van der Waals surface area contributed by atoms with Crippen molar-refractivity contribution in [3.63, 3.8) is 0 Å². The van der Waals surface area contributed by atoms with Gasteiger partial charge in [-0.1, -0.05) is 55.9 Å². The first-order valence-corrected chi connectivity index (χ1v) is 13.9. The Morgan fingerprint density at radius 1 is 0.593 bits per heavy atom. The first-order chi connectivity index (χ1) is 13.1. The van der Waals surface area contributed by atoms with Gasteiger partial charge in [0.2, 0.25) is 0 Å². The highest BCUT2D eigenvalue weighted by Gasteiger charge is 2.16. The first-order valence-electron chi connectivity index (χ1n) is 11.7. The summed E-state index contributed by atoms with van der Waals surface area (Å²) in [6, 6.07) is 0. The van der Waals surface area contributed by atoms with Gasteiger partial charge in [0.05, 0.1) is 0 Å². The lowest BCUT2D eigenvalue weighted by Crippen LogP contribution is -2.46. The summed E-state index contributed by atoms with van der Waals surface area (Å²) in [6.07, 6.45) is 5.37. The zero-order chi connectivity index (χ0) is 20.5. The van der Waals surface area contributed by atoms with Crippen LogP contribution in [0, 0.1) is 0 Å². The van der Waals surface area contributed by atoms with Gasteiger partial charge in [0, 0.05) is 58.6 Å². The minimum absolute atomic E-state index is 0.179. The molecule has 1 unspecified atom stereocenters. The van der Waals surface area contributed by atoms with Crippen molar-refractivity contribution in [3.8, 4) is 0 Å². The fourth-order valence-electron chi connectivity index (χ4n) is 3.69. The maximum Gasteiger partial charge on any atom is 0.0182 e. The minimum Gasteiger partial charge on any atom is -0.301 e. The Morgan fingerprint density at radius 2 is 1.00 bits per heavy atom. The van der Waals surface area contributed by atoms with Crippen molar-refractivity contribution >= 4 is 7.92 Å². The van der Waals surface area contributed by atoms with Crippen molar-refractivity contribution in [2.24, 2.45) is 0 Å². The quantitative estimate of drug-likeness (QED) is 0.565. The SMILES string of the molecule is CC.CCCN1CCN(CC)CCN(CC)CCN(CP(C)CCC)CC1. The van der Waals surface area contributed by atoms with Gasteiger partial charge in [-0.15, -0.1) is 0 Å². The molecule has 1 fully saturated rings. The van der Waals surface area contributed by atoms with E-state index in [1.807, 2.05) is 13.8 Å². The smallest absolute Gasteiger partial charge is 0.0182 e. The highest BCUT2D eigenvalue weighted by molar-refractivity contribution is 7.56. The molecule has 1 heterocycles. The summed E-state index contributed by atoms with van der Waals surface area (Å²) in [6.45, 7) is 29.3. The maximum atomic E-state index is 2.77. The molecule has 0 N–H and O–H groups in total. The normalized spacial score (nSPS) is 21.0. The van der Waals surface area contributed by atoms with Crippen molar-refractivity contribution < 1.29 is 0 Å². The van der Waals surface area contributed by atoms with Crippen LogP contribution in [0.4, 0.5) is 0 Å². The molecule has 0 bridgehead atoms. The summed E-state index contributed by atoms with van der Waals surface area (Å²) < 4.78 is 0. The molecule has 164 valence electrons. The molecule has 0 aliphatic carbocycles.